The fraction of sp³-hybridized carbons (Fsp3) is 0.941. The molecule has 0 spiro atoms. The van der Waals surface area contributed by atoms with Crippen molar-refractivity contribution >= 4 is 5.97 Å². The first-order chi connectivity index (χ1) is 9.99. The summed E-state index contributed by atoms with van der Waals surface area (Å²) in [6, 6.07) is 1.11. The Morgan fingerprint density at radius 1 is 1.29 bits per heavy atom. The van der Waals surface area contributed by atoms with Gasteiger partial charge < -0.3 is 10.1 Å². The maximum atomic E-state index is 12.0. The summed E-state index contributed by atoms with van der Waals surface area (Å²) in [4.78, 5) is 14.5. The van der Waals surface area contributed by atoms with Crippen molar-refractivity contribution in [3.05, 3.63) is 0 Å². The number of piperidine rings is 1. The van der Waals surface area contributed by atoms with Crippen LogP contribution in [0.5, 0.6) is 0 Å². The predicted octanol–water partition coefficient (Wildman–Crippen LogP) is 2.28. The van der Waals surface area contributed by atoms with Crippen LogP contribution >= 0.6 is 0 Å². The number of nitrogens with one attached hydrogen (secondary N) is 1. The van der Waals surface area contributed by atoms with Gasteiger partial charge in [0, 0.05) is 25.2 Å². The molecule has 1 saturated heterocycles. The zero-order chi connectivity index (χ0) is 15.4. The Labute approximate surface area is 129 Å². The summed E-state index contributed by atoms with van der Waals surface area (Å²) in [6.45, 7) is 9.83. The lowest BCUT2D eigenvalue weighted by Gasteiger charge is -2.47. The van der Waals surface area contributed by atoms with Gasteiger partial charge in [-0.25, -0.2) is 0 Å². The minimum atomic E-state index is -0.0391. The second-order valence-electron chi connectivity index (χ2n) is 7.47. The fourth-order valence-electron chi connectivity index (χ4n) is 3.65. The Bertz CT molecular complexity index is 340. The second-order valence-corrected chi connectivity index (χ2v) is 7.47. The van der Waals surface area contributed by atoms with Gasteiger partial charge in [-0.1, -0.05) is 20.8 Å². The number of ether oxygens (including phenoxy) is 1. The fourth-order valence-corrected chi connectivity index (χ4v) is 3.65. The average molecular weight is 296 g/mol. The molecule has 2 atom stereocenters. The molecule has 0 radical (unpaired) electrons. The first kappa shape index (κ1) is 16.8. The number of carbonyl (C=O) groups is 1. The molecule has 1 saturated carbocycles. The van der Waals surface area contributed by atoms with Crippen LogP contribution in [0.25, 0.3) is 0 Å². The monoisotopic (exact) mass is 296 g/mol. The number of rotatable bonds is 6. The van der Waals surface area contributed by atoms with E-state index in [1.165, 1.54) is 26.4 Å². The minimum Gasteiger partial charge on any atom is -0.469 e. The molecule has 0 aromatic rings. The lowest BCUT2D eigenvalue weighted by molar-refractivity contribution is -0.148. The lowest BCUT2D eigenvalue weighted by Crippen LogP contribution is -2.57. The van der Waals surface area contributed by atoms with Crippen molar-refractivity contribution in [2.45, 2.75) is 58.5 Å². The van der Waals surface area contributed by atoms with Crippen LogP contribution < -0.4 is 5.32 Å². The number of esters is 1. The molecule has 21 heavy (non-hydrogen) atoms. The van der Waals surface area contributed by atoms with Crippen molar-refractivity contribution < 1.29 is 9.53 Å². The van der Waals surface area contributed by atoms with Gasteiger partial charge in [-0.2, -0.15) is 0 Å². The molecule has 4 heteroatoms. The molecule has 0 bridgehead atoms. The largest absolute Gasteiger partial charge is 0.469 e. The standard InChI is InChI=1S/C17H32N2O2/c1-12(2)5-6-18-15-9-14(17(20)21-4)10-19(11-15)16-7-13(3)8-16/h12-16,18H,5-11H2,1-4H3. The Morgan fingerprint density at radius 3 is 2.57 bits per heavy atom. The van der Waals surface area contributed by atoms with E-state index in [0.29, 0.717) is 12.1 Å². The summed E-state index contributed by atoms with van der Waals surface area (Å²) < 4.78 is 4.99. The highest BCUT2D eigenvalue weighted by Crippen LogP contribution is 2.34. The highest BCUT2D eigenvalue weighted by atomic mass is 16.5. The van der Waals surface area contributed by atoms with Gasteiger partial charge >= 0.3 is 5.97 Å². The maximum Gasteiger partial charge on any atom is 0.310 e. The van der Waals surface area contributed by atoms with Crippen LogP contribution in [0, 0.1) is 17.8 Å². The summed E-state index contributed by atoms with van der Waals surface area (Å²) in [5.41, 5.74) is 0. The first-order valence-corrected chi connectivity index (χ1v) is 8.54. The summed E-state index contributed by atoms with van der Waals surface area (Å²) >= 11 is 0. The number of nitrogens with zero attached hydrogens (tertiary/aromatic N) is 1. The molecule has 2 unspecified atom stereocenters. The van der Waals surface area contributed by atoms with Crippen LogP contribution in [0.15, 0.2) is 0 Å². The summed E-state index contributed by atoms with van der Waals surface area (Å²) in [7, 11) is 1.51. The normalized spacial score (nSPS) is 33.8. The van der Waals surface area contributed by atoms with Crippen molar-refractivity contribution in [1.29, 1.82) is 0 Å². The maximum absolute atomic E-state index is 12.0. The van der Waals surface area contributed by atoms with Crippen molar-refractivity contribution in [2.24, 2.45) is 17.8 Å². The van der Waals surface area contributed by atoms with Crippen molar-refractivity contribution in [2.75, 3.05) is 26.7 Å². The molecule has 0 amide bonds. The molecular weight excluding hydrogens is 264 g/mol. The third-order valence-corrected chi connectivity index (χ3v) is 5.03. The summed E-state index contributed by atoms with van der Waals surface area (Å²) in [6.07, 6.45) is 4.68. The van der Waals surface area contributed by atoms with Crippen LogP contribution in [0.2, 0.25) is 0 Å². The summed E-state index contributed by atoms with van der Waals surface area (Å²) in [5, 5.41) is 3.66. The zero-order valence-electron chi connectivity index (χ0n) is 14.1. The highest BCUT2D eigenvalue weighted by Gasteiger charge is 2.38. The molecule has 0 aromatic heterocycles. The molecule has 1 N–H and O–H groups in total. The van der Waals surface area contributed by atoms with Gasteiger partial charge in [0.1, 0.15) is 0 Å². The van der Waals surface area contributed by atoms with E-state index in [-0.39, 0.29) is 11.9 Å². The van der Waals surface area contributed by atoms with Gasteiger partial charge in [0.25, 0.3) is 0 Å². The quantitative estimate of drug-likeness (QED) is 0.764. The first-order valence-electron chi connectivity index (χ1n) is 8.54. The Morgan fingerprint density at radius 2 is 2.00 bits per heavy atom. The number of carbonyl (C=O) groups excluding carboxylic acids is 1. The summed E-state index contributed by atoms with van der Waals surface area (Å²) in [5.74, 6) is 1.57. The molecule has 122 valence electrons. The van der Waals surface area contributed by atoms with Gasteiger partial charge in [0.05, 0.1) is 13.0 Å². The van der Waals surface area contributed by atoms with Gasteiger partial charge in [-0.15, -0.1) is 0 Å². The lowest BCUT2D eigenvalue weighted by atomic mass is 9.79. The van der Waals surface area contributed by atoms with Gasteiger partial charge in [0.2, 0.25) is 0 Å². The Kier molecular flexibility index (Phi) is 6.06. The molecule has 1 aliphatic carbocycles. The third-order valence-electron chi connectivity index (χ3n) is 5.03. The van der Waals surface area contributed by atoms with Gasteiger partial charge in [-0.3, -0.25) is 9.69 Å². The van der Waals surface area contributed by atoms with Crippen molar-refractivity contribution in [1.82, 2.24) is 10.2 Å². The molecule has 1 aliphatic heterocycles. The van der Waals surface area contributed by atoms with E-state index in [1.54, 1.807) is 0 Å². The zero-order valence-corrected chi connectivity index (χ0v) is 14.1. The molecular formula is C17H32N2O2. The van der Waals surface area contributed by atoms with E-state index in [1.807, 2.05) is 0 Å². The van der Waals surface area contributed by atoms with E-state index in [2.05, 4.69) is 31.0 Å². The van der Waals surface area contributed by atoms with Gasteiger partial charge in [-0.05, 0) is 44.1 Å². The molecule has 4 nitrogen and oxygen atoms in total. The Balaban J connectivity index is 1.88. The Hall–Kier alpha value is -0.610. The van der Waals surface area contributed by atoms with E-state index < -0.39 is 0 Å². The highest BCUT2D eigenvalue weighted by molar-refractivity contribution is 5.72. The number of methoxy groups -OCH3 is 1. The van der Waals surface area contributed by atoms with E-state index in [4.69, 9.17) is 4.74 Å². The van der Waals surface area contributed by atoms with Crippen LogP contribution in [0.3, 0.4) is 0 Å². The van der Waals surface area contributed by atoms with Crippen LogP contribution in [0.4, 0.5) is 0 Å². The number of hydrogen-bond acceptors (Lipinski definition) is 4. The topological polar surface area (TPSA) is 41.6 Å². The SMILES string of the molecule is COC(=O)C1CC(NCCC(C)C)CN(C2CC(C)C2)C1. The molecule has 2 rings (SSSR count). The van der Waals surface area contributed by atoms with E-state index in [9.17, 15) is 4.79 Å². The third kappa shape index (κ3) is 4.68. The average Bonchev–Trinajstić information content (AvgIpc) is 2.42. The molecule has 2 fully saturated rings. The number of hydrogen-bond donors (Lipinski definition) is 1. The smallest absolute Gasteiger partial charge is 0.310 e. The molecule has 0 aromatic carbocycles. The minimum absolute atomic E-state index is 0.0382. The van der Waals surface area contributed by atoms with Gasteiger partial charge in [0.15, 0.2) is 0 Å². The number of likely N-dealkylation sites (tertiary alicyclic amines) is 1. The van der Waals surface area contributed by atoms with Crippen molar-refractivity contribution in [3.8, 4) is 0 Å². The van der Waals surface area contributed by atoms with Crippen LogP contribution in [-0.2, 0) is 9.53 Å². The second kappa shape index (κ2) is 7.59. The van der Waals surface area contributed by atoms with Crippen molar-refractivity contribution in [3.63, 3.8) is 0 Å². The van der Waals surface area contributed by atoms with Crippen LogP contribution in [0.1, 0.15) is 46.5 Å². The van der Waals surface area contributed by atoms with Crippen LogP contribution in [-0.4, -0.2) is 49.7 Å². The molecule has 1 heterocycles. The predicted molar refractivity (Wildman–Crippen MR) is 85.1 cm³/mol. The van der Waals surface area contributed by atoms with E-state index in [0.717, 1.165) is 37.9 Å². The molecule has 2 aliphatic rings. The van der Waals surface area contributed by atoms with E-state index >= 15 is 0 Å².